The fourth-order valence-electron chi connectivity index (χ4n) is 2.75. The lowest BCUT2D eigenvalue weighted by Crippen LogP contribution is -2.48. The summed E-state index contributed by atoms with van der Waals surface area (Å²) in [4.78, 5) is 2.44. The molecular weight excluding hydrogens is 260 g/mol. The normalized spacial score (nSPS) is 24.1. The van der Waals surface area contributed by atoms with Crippen LogP contribution in [0, 0.1) is 0 Å². The van der Waals surface area contributed by atoms with Crippen LogP contribution in [0.25, 0.3) is 0 Å². The fourth-order valence-corrected chi connectivity index (χ4v) is 2.87. The topological polar surface area (TPSA) is 38.5 Å². The second kappa shape index (κ2) is 6.71. The molecule has 0 aromatic heterocycles. The summed E-state index contributed by atoms with van der Waals surface area (Å²) in [6.07, 6.45) is 1.37. The second-order valence-electron chi connectivity index (χ2n) is 5.25. The average molecular weight is 283 g/mol. The Bertz CT molecular complexity index is 394. The molecule has 0 radical (unpaired) electrons. The molecule has 4 heteroatoms. The minimum absolute atomic E-state index is 0.0804. The predicted molar refractivity (Wildman–Crippen MR) is 79.4 cm³/mol. The maximum Gasteiger partial charge on any atom is 0.0700 e. The summed E-state index contributed by atoms with van der Waals surface area (Å²) in [5.41, 5.74) is 7.44. The van der Waals surface area contributed by atoms with Crippen LogP contribution in [0.2, 0.25) is 5.02 Å². The molecule has 1 fully saturated rings. The van der Waals surface area contributed by atoms with Gasteiger partial charge in [0.05, 0.1) is 12.7 Å². The van der Waals surface area contributed by atoms with Crippen LogP contribution in [0.4, 0.5) is 0 Å². The largest absolute Gasteiger partial charge is 0.376 e. The van der Waals surface area contributed by atoms with Crippen molar-refractivity contribution in [3.05, 3.63) is 34.9 Å². The number of hydrogen-bond donors (Lipinski definition) is 1. The van der Waals surface area contributed by atoms with E-state index in [2.05, 4.69) is 30.9 Å². The molecule has 1 aliphatic rings. The molecule has 1 aromatic carbocycles. The number of nitrogens with zero attached hydrogens (tertiary/aromatic N) is 1. The van der Waals surface area contributed by atoms with Gasteiger partial charge < -0.3 is 10.5 Å². The van der Waals surface area contributed by atoms with Crippen molar-refractivity contribution in [3.63, 3.8) is 0 Å². The molecular formula is C15H23ClN2O. The lowest BCUT2D eigenvalue weighted by Gasteiger charge is -2.40. The van der Waals surface area contributed by atoms with Gasteiger partial charge in [0.1, 0.15) is 0 Å². The summed E-state index contributed by atoms with van der Waals surface area (Å²) in [5, 5.41) is 0.764. The van der Waals surface area contributed by atoms with E-state index in [4.69, 9.17) is 22.1 Å². The van der Waals surface area contributed by atoms with E-state index in [-0.39, 0.29) is 12.1 Å². The van der Waals surface area contributed by atoms with E-state index in [9.17, 15) is 0 Å². The van der Waals surface area contributed by atoms with Gasteiger partial charge in [-0.3, -0.25) is 4.90 Å². The zero-order chi connectivity index (χ0) is 13.8. The molecule has 0 spiro atoms. The van der Waals surface area contributed by atoms with Crippen LogP contribution in [-0.2, 0) is 4.74 Å². The van der Waals surface area contributed by atoms with Gasteiger partial charge in [-0.1, -0.05) is 30.7 Å². The lowest BCUT2D eigenvalue weighted by molar-refractivity contribution is -0.0477. The number of rotatable bonds is 4. The van der Waals surface area contributed by atoms with E-state index < -0.39 is 0 Å². The van der Waals surface area contributed by atoms with Crippen molar-refractivity contribution in [3.8, 4) is 0 Å². The molecule has 0 amide bonds. The quantitative estimate of drug-likeness (QED) is 0.923. The Balaban J connectivity index is 2.17. The van der Waals surface area contributed by atoms with Crippen molar-refractivity contribution < 1.29 is 4.74 Å². The minimum Gasteiger partial charge on any atom is -0.376 e. The van der Waals surface area contributed by atoms with Crippen LogP contribution in [0.15, 0.2) is 24.3 Å². The maximum absolute atomic E-state index is 6.21. The van der Waals surface area contributed by atoms with Crippen molar-refractivity contribution in [1.82, 2.24) is 4.90 Å². The molecule has 1 heterocycles. The van der Waals surface area contributed by atoms with E-state index in [0.29, 0.717) is 6.10 Å². The molecule has 3 atom stereocenters. The highest BCUT2D eigenvalue weighted by atomic mass is 35.5. The van der Waals surface area contributed by atoms with Crippen molar-refractivity contribution in [2.75, 3.05) is 19.7 Å². The molecule has 1 aliphatic heterocycles. The fraction of sp³-hybridized carbons (Fsp3) is 0.600. The molecule has 0 aliphatic carbocycles. The Hall–Kier alpha value is -0.610. The molecule has 3 unspecified atom stereocenters. The highest BCUT2D eigenvalue weighted by Crippen LogP contribution is 2.27. The summed E-state index contributed by atoms with van der Waals surface area (Å²) in [6, 6.07) is 8.33. The van der Waals surface area contributed by atoms with Gasteiger partial charge in [-0.05, 0) is 31.0 Å². The van der Waals surface area contributed by atoms with E-state index in [0.717, 1.165) is 31.1 Å². The lowest BCUT2D eigenvalue weighted by atomic mass is 9.98. The van der Waals surface area contributed by atoms with Gasteiger partial charge >= 0.3 is 0 Å². The second-order valence-corrected chi connectivity index (χ2v) is 5.69. The van der Waals surface area contributed by atoms with Gasteiger partial charge in [-0.15, -0.1) is 0 Å². The Labute approximate surface area is 120 Å². The van der Waals surface area contributed by atoms with Gasteiger partial charge in [-0.2, -0.15) is 0 Å². The van der Waals surface area contributed by atoms with E-state index in [1.54, 1.807) is 0 Å². The molecule has 3 nitrogen and oxygen atoms in total. The zero-order valence-corrected chi connectivity index (χ0v) is 12.4. The molecule has 0 bridgehead atoms. The average Bonchev–Trinajstić information content (AvgIpc) is 2.41. The number of hydrogen-bond acceptors (Lipinski definition) is 3. The van der Waals surface area contributed by atoms with Crippen LogP contribution in [-0.4, -0.2) is 36.7 Å². The third-order valence-corrected chi connectivity index (χ3v) is 3.98. The monoisotopic (exact) mass is 282 g/mol. The van der Waals surface area contributed by atoms with E-state index in [1.807, 2.05) is 12.1 Å². The Kier molecular flexibility index (Phi) is 5.22. The molecule has 1 saturated heterocycles. The Morgan fingerprint density at radius 1 is 1.42 bits per heavy atom. The first-order valence-electron chi connectivity index (χ1n) is 6.98. The number of morpholine rings is 1. The van der Waals surface area contributed by atoms with Crippen molar-refractivity contribution in [1.29, 1.82) is 0 Å². The van der Waals surface area contributed by atoms with Gasteiger partial charge in [0.2, 0.25) is 0 Å². The number of benzene rings is 1. The maximum atomic E-state index is 6.21. The van der Waals surface area contributed by atoms with Crippen LogP contribution >= 0.6 is 11.6 Å². The van der Waals surface area contributed by atoms with Crippen molar-refractivity contribution >= 4 is 11.6 Å². The summed E-state index contributed by atoms with van der Waals surface area (Å²) in [7, 11) is 0. The third-order valence-electron chi connectivity index (χ3n) is 3.73. The van der Waals surface area contributed by atoms with Gasteiger partial charge in [-0.25, -0.2) is 0 Å². The first-order chi connectivity index (χ1) is 9.11. The standard InChI is InChI=1S/C15H23ClN2O/c1-3-14-10-18(8-9-19-14)15(11(2)17)12-4-6-13(16)7-5-12/h4-7,11,14-15H,3,8-10,17H2,1-2H3. The highest BCUT2D eigenvalue weighted by Gasteiger charge is 2.28. The molecule has 2 rings (SSSR count). The van der Waals surface area contributed by atoms with Crippen LogP contribution in [0.1, 0.15) is 31.9 Å². The molecule has 1 aromatic rings. The third kappa shape index (κ3) is 3.69. The summed E-state index contributed by atoms with van der Waals surface area (Å²) < 4.78 is 5.74. The minimum atomic E-state index is 0.0804. The van der Waals surface area contributed by atoms with Crippen LogP contribution in [0.3, 0.4) is 0 Å². The first-order valence-corrected chi connectivity index (χ1v) is 7.36. The molecule has 2 N–H and O–H groups in total. The van der Waals surface area contributed by atoms with Crippen molar-refractivity contribution in [2.24, 2.45) is 5.73 Å². The number of nitrogens with two attached hydrogens (primary N) is 1. The van der Waals surface area contributed by atoms with Gasteiger partial charge in [0.25, 0.3) is 0 Å². The number of ether oxygens (including phenoxy) is 1. The highest BCUT2D eigenvalue weighted by molar-refractivity contribution is 6.30. The molecule has 106 valence electrons. The van der Waals surface area contributed by atoms with E-state index >= 15 is 0 Å². The van der Waals surface area contributed by atoms with E-state index in [1.165, 1.54) is 5.56 Å². The number of halogens is 1. The Morgan fingerprint density at radius 3 is 2.68 bits per heavy atom. The van der Waals surface area contributed by atoms with Crippen LogP contribution in [0.5, 0.6) is 0 Å². The zero-order valence-electron chi connectivity index (χ0n) is 11.7. The molecule has 0 saturated carbocycles. The van der Waals surface area contributed by atoms with Crippen LogP contribution < -0.4 is 5.73 Å². The molecule has 19 heavy (non-hydrogen) atoms. The summed E-state index contributed by atoms with van der Waals surface area (Å²) in [6.45, 7) is 6.90. The smallest absolute Gasteiger partial charge is 0.0700 e. The van der Waals surface area contributed by atoms with Crippen molar-refractivity contribution in [2.45, 2.75) is 38.5 Å². The SMILES string of the molecule is CCC1CN(C(c2ccc(Cl)cc2)C(C)N)CCO1. The van der Waals surface area contributed by atoms with Gasteiger partial charge in [0.15, 0.2) is 0 Å². The Morgan fingerprint density at radius 2 is 2.11 bits per heavy atom. The van der Waals surface area contributed by atoms with Gasteiger partial charge in [0, 0.05) is 30.2 Å². The summed E-state index contributed by atoms with van der Waals surface area (Å²) in [5.74, 6) is 0. The summed E-state index contributed by atoms with van der Waals surface area (Å²) >= 11 is 5.96. The predicted octanol–water partition coefficient (Wildman–Crippen LogP) is 2.84. The first kappa shape index (κ1) is 14.8.